The van der Waals surface area contributed by atoms with Gasteiger partial charge in [-0.2, -0.15) is 15.0 Å². The van der Waals surface area contributed by atoms with Crippen LogP contribution in [0.5, 0.6) is 0 Å². The monoisotopic (exact) mass is 1250 g/mol. The summed E-state index contributed by atoms with van der Waals surface area (Å²) in [4.78, 5) is 17.6. The molecule has 3 aliphatic carbocycles. The molecule has 7 nitrogen and oxygen atoms in total. The highest BCUT2D eigenvalue weighted by atomic mass is 15.3. The van der Waals surface area contributed by atoms with Gasteiger partial charge in [-0.1, -0.05) is 267 Å². The summed E-state index contributed by atoms with van der Waals surface area (Å²) in [6.45, 7) is 0. The second-order valence-electron chi connectivity index (χ2n) is 26.7. The Morgan fingerprint density at radius 1 is 0.347 bits per heavy atom. The Kier molecular flexibility index (Phi) is 11.8. The van der Waals surface area contributed by atoms with E-state index in [2.05, 4.69) is 346 Å². The highest BCUT2D eigenvalue weighted by molar-refractivity contribution is 6.25. The minimum absolute atomic E-state index is 0.102. The van der Waals surface area contributed by atoms with E-state index in [-0.39, 0.29) is 5.41 Å². The van der Waals surface area contributed by atoms with Crippen molar-refractivity contribution in [2.24, 2.45) is 5.92 Å². The number of hydrogen-bond acceptors (Lipinski definition) is 3. The van der Waals surface area contributed by atoms with E-state index in [4.69, 9.17) is 15.0 Å². The van der Waals surface area contributed by atoms with Crippen molar-refractivity contribution < 1.29 is 0 Å². The lowest BCUT2D eigenvalue weighted by molar-refractivity contribution is 0.873. The van der Waals surface area contributed by atoms with Crippen molar-refractivity contribution >= 4 is 116 Å². The molecule has 5 heterocycles. The number of hydrogen-bond donors (Lipinski definition) is 0. The zero-order valence-corrected chi connectivity index (χ0v) is 53.3. The number of nitrogens with zero attached hydrogens (tertiary/aromatic N) is 7. The number of benzene rings is 13. The summed E-state index contributed by atoms with van der Waals surface area (Å²) in [5, 5.41) is 15.0. The van der Waals surface area contributed by atoms with Gasteiger partial charge in [-0.05, 0) is 140 Å². The fourth-order valence-electron chi connectivity index (χ4n) is 16.5. The maximum atomic E-state index is 6.05. The normalized spacial score (nSPS) is 15.8. The Bertz CT molecular complexity index is 6660. The van der Waals surface area contributed by atoms with Gasteiger partial charge >= 0.3 is 0 Å². The summed E-state index contributed by atoms with van der Waals surface area (Å²) < 4.78 is 9.77. The lowest BCUT2D eigenvalue weighted by atomic mass is 9.89. The minimum Gasteiger partial charge on any atom is -0.307 e. The molecule has 0 amide bonds. The Hall–Kier alpha value is -12.7. The molecule has 0 saturated heterocycles. The molecule has 5 aromatic heterocycles. The quantitative estimate of drug-likeness (QED) is 0.145. The molecule has 0 bridgehead atoms. The molecule has 0 aliphatic heterocycles. The SMILES string of the molecule is C1=CCC=CC(c2ccc3c(c2)c2ccc4c5c(n(-c6ccc7ccccc7c6)c4c2n3-c2nc(-c3ccccc3)nc(-n3c4ccc(-c6ccccc6)cc4c4ccc6c7cc(-c8ccccc8)ccc7n(-c7ccc8ccccc8c7)c6c43)n2)=CC2CC2(c2ccccc2)C=5)=C1. The maximum Gasteiger partial charge on any atom is 0.240 e. The summed E-state index contributed by atoms with van der Waals surface area (Å²) in [6, 6.07) is 105. The van der Waals surface area contributed by atoms with Gasteiger partial charge in [-0.3, -0.25) is 9.13 Å². The summed E-state index contributed by atoms with van der Waals surface area (Å²) in [6.07, 6.45) is 18.3. The molecule has 21 rings (SSSR count). The van der Waals surface area contributed by atoms with E-state index in [9.17, 15) is 0 Å². The summed E-state index contributed by atoms with van der Waals surface area (Å²) in [5.74, 6) is 1.92. The van der Waals surface area contributed by atoms with Crippen molar-refractivity contribution in [1.29, 1.82) is 0 Å². The molecule has 0 N–H and O–H groups in total. The molecule has 13 aromatic carbocycles. The van der Waals surface area contributed by atoms with Crippen molar-refractivity contribution in [1.82, 2.24) is 33.2 Å². The van der Waals surface area contributed by atoms with Crippen molar-refractivity contribution in [2.75, 3.05) is 0 Å². The van der Waals surface area contributed by atoms with Crippen molar-refractivity contribution in [3.63, 3.8) is 0 Å². The highest BCUT2D eigenvalue weighted by Gasteiger charge is 2.53. The van der Waals surface area contributed by atoms with Crippen molar-refractivity contribution in [3.8, 4) is 56.9 Å². The second kappa shape index (κ2) is 21.1. The Morgan fingerprint density at radius 2 is 0.816 bits per heavy atom. The summed E-state index contributed by atoms with van der Waals surface area (Å²) in [5.41, 5.74) is 18.4. The van der Waals surface area contributed by atoms with Crippen LogP contribution in [0.1, 0.15) is 24.0 Å². The van der Waals surface area contributed by atoms with E-state index in [1.807, 2.05) is 0 Å². The van der Waals surface area contributed by atoms with Crippen LogP contribution in [0.25, 0.3) is 173 Å². The van der Waals surface area contributed by atoms with Gasteiger partial charge in [0.25, 0.3) is 0 Å². The first-order valence-electron chi connectivity index (χ1n) is 34.0. The van der Waals surface area contributed by atoms with Gasteiger partial charge in [0.1, 0.15) is 0 Å². The average Bonchev–Trinajstić information content (AvgIpc) is 1.53. The Labute approximate surface area is 563 Å². The van der Waals surface area contributed by atoms with Crippen LogP contribution in [-0.2, 0) is 5.41 Å². The molecule has 98 heavy (non-hydrogen) atoms. The van der Waals surface area contributed by atoms with E-state index in [1.165, 1.54) is 48.6 Å². The average molecular weight is 1250 g/mol. The standard InChI is InChI=1S/C91H59N7/c1-2-8-22-57(21-7-1)66-38-48-82-78(52-66)74-44-45-75-79-56-91(68-33-15-6-16-34-68)55-69(91)54-83(79)96(71-41-36-61-28-18-20-32-64(61)50-71)85(75)87(74)98(82)90-93-88(62-29-13-5-14-30-62)92-89(94-90)97-81-47-39-67(59-25-11-4-12-26-59)53-77(81)73-43-42-72-76-51-65(58-23-9-3-10-24-58)37-46-80(76)95(84(72)86(73)97)70-40-35-60-27-17-19-31-63(60)49-70/h1,3-54,56,69H,2,55H2. The summed E-state index contributed by atoms with van der Waals surface area (Å²) in [7, 11) is 0. The van der Waals surface area contributed by atoms with Crippen LogP contribution in [-0.4, -0.2) is 33.2 Å². The van der Waals surface area contributed by atoms with Gasteiger partial charge in [-0.25, -0.2) is 0 Å². The molecule has 1 fully saturated rings. The third kappa shape index (κ3) is 8.26. The molecular formula is C91H59N7. The maximum absolute atomic E-state index is 6.05. The number of rotatable bonds is 9. The molecule has 458 valence electrons. The molecule has 18 aromatic rings. The third-order valence-electron chi connectivity index (χ3n) is 21.3. The molecule has 2 unspecified atom stereocenters. The molecule has 2 atom stereocenters. The zero-order valence-electron chi connectivity index (χ0n) is 53.3. The number of aromatic nitrogens is 7. The van der Waals surface area contributed by atoms with Crippen LogP contribution in [0.4, 0.5) is 0 Å². The fraction of sp³-hybridized carbons (Fsp3) is 0.0440. The minimum atomic E-state index is -0.102. The lowest BCUT2D eigenvalue weighted by Crippen LogP contribution is -2.33. The molecular weight excluding hydrogens is 1190 g/mol. The molecule has 0 radical (unpaired) electrons. The molecule has 0 spiro atoms. The first-order chi connectivity index (χ1) is 48.5. The van der Waals surface area contributed by atoms with Gasteiger partial charge in [0.2, 0.25) is 11.9 Å². The second-order valence-corrected chi connectivity index (χ2v) is 26.7. The highest BCUT2D eigenvalue weighted by Crippen LogP contribution is 2.58. The van der Waals surface area contributed by atoms with Gasteiger partial charge in [0.05, 0.1) is 44.0 Å². The van der Waals surface area contributed by atoms with Gasteiger partial charge < -0.3 is 9.13 Å². The molecule has 7 heteroatoms. The van der Waals surface area contributed by atoms with Crippen LogP contribution in [0.3, 0.4) is 0 Å². The Balaban J connectivity index is 0.919. The van der Waals surface area contributed by atoms with Gasteiger partial charge in [-0.15, -0.1) is 0 Å². The van der Waals surface area contributed by atoms with E-state index < -0.39 is 0 Å². The predicted octanol–water partition coefficient (Wildman–Crippen LogP) is 20.8. The fourth-order valence-corrected chi connectivity index (χ4v) is 16.5. The van der Waals surface area contributed by atoms with Crippen LogP contribution in [0.15, 0.2) is 315 Å². The van der Waals surface area contributed by atoms with Crippen molar-refractivity contribution in [2.45, 2.75) is 18.3 Å². The molecule has 1 saturated carbocycles. The number of allylic oxidation sites excluding steroid dienone is 6. The first-order valence-corrected chi connectivity index (χ1v) is 34.0. The largest absolute Gasteiger partial charge is 0.307 e. The topological polar surface area (TPSA) is 58.4 Å². The first kappa shape index (κ1) is 54.7. The third-order valence-corrected chi connectivity index (χ3v) is 21.3. The van der Waals surface area contributed by atoms with Gasteiger partial charge in [0, 0.05) is 65.3 Å². The zero-order chi connectivity index (χ0) is 64.2. The van der Waals surface area contributed by atoms with Crippen LogP contribution >= 0.6 is 0 Å². The van der Waals surface area contributed by atoms with Crippen LogP contribution < -0.4 is 10.6 Å². The summed E-state index contributed by atoms with van der Waals surface area (Å²) >= 11 is 0. The van der Waals surface area contributed by atoms with Crippen LogP contribution in [0.2, 0.25) is 0 Å². The van der Waals surface area contributed by atoms with E-state index in [1.54, 1.807) is 0 Å². The predicted molar refractivity (Wildman–Crippen MR) is 406 cm³/mol. The lowest BCUT2D eigenvalue weighted by Gasteiger charge is -2.16. The van der Waals surface area contributed by atoms with Crippen molar-refractivity contribution in [3.05, 3.63) is 337 Å². The smallest absolute Gasteiger partial charge is 0.240 e. The van der Waals surface area contributed by atoms with Gasteiger partial charge in [0.15, 0.2) is 5.82 Å². The van der Waals surface area contributed by atoms with E-state index in [0.29, 0.717) is 23.6 Å². The van der Waals surface area contributed by atoms with E-state index >= 15 is 0 Å². The Morgan fingerprint density at radius 3 is 1.40 bits per heavy atom. The number of fused-ring (bicyclic) bond motifs is 17. The van der Waals surface area contributed by atoms with Crippen LogP contribution in [0, 0.1) is 5.92 Å². The molecule has 3 aliphatic rings. The van der Waals surface area contributed by atoms with E-state index in [0.717, 1.165) is 129 Å².